The van der Waals surface area contributed by atoms with E-state index in [1.165, 1.54) is 0 Å². The van der Waals surface area contributed by atoms with Gasteiger partial charge in [-0.05, 0) is 55.1 Å². The summed E-state index contributed by atoms with van der Waals surface area (Å²) in [6.45, 7) is 14.1. The van der Waals surface area contributed by atoms with Crippen molar-refractivity contribution in [2.24, 2.45) is 0 Å². The molecule has 0 aromatic carbocycles. The van der Waals surface area contributed by atoms with Gasteiger partial charge >= 0.3 is 0 Å². The van der Waals surface area contributed by atoms with Crippen LogP contribution in [0.3, 0.4) is 0 Å². The smallest absolute Gasteiger partial charge is 0.169 e. The molecule has 114 valence electrons. The molecule has 0 radical (unpaired) electrons. The molecule has 4 heteroatoms. The molecule has 0 unspecified atom stereocenters. The topological polar surface area (TPSA) is 44.4 Å². The molecule has 0 rings (SSSR count). The number of rotatable bonds is 9. The molecule has 19 heavy (non-hydrogen) atoms. The second-order valence-corrected chi connectivity index (χ2v) is 6.47. The Balaban J connectivity index is 4.70. The standard InChI is InChI=1S/C15H33N3O/c1-9-14(3,4)18(8)12(2)13(19)15(5,6)17-11-10-16-7/h12,16-17H,9-11H2,1-8H3/t12-/m1/s1. The van der Waals surface area contributed by atoms with Crippen molar-refractivity contribution in [1.29, 1.82) is 0 Å². The highest BCUT2D eigenvalue weighted by molar-refractivity contribution is 5.92. The van der Waals surface area contributed by atoms with Gasteiger partial charge in [-0.1, -0.05) is 6.92 Å². The van der Waals surface area contributed by atoms with Crippen LogP contribution in [0.2, 0.25) is 0 Å². The highest BCUT2D eigenvalue weighted by Crippen LogP contribution is 2.21. The third-order valence-electron chi connectivity index (χ3n) is 4.34. The third-order valence-corrected chi connectivity index (χ3v) is 4.34. The van der Waals surface area contributed by atoms with E-state index in [4.69, 9.17) is 0 Å². The fourth-order valence-corrected chi connectivity index (χ4v) is 2.06. The molecule has 0 aromatic heterocycles. The summed E-state index contributed by atoms with van der Waals surface area (Å²) in [5.74, 6) is 0.243. The van der Waals surface area contributed by atoms with E-state index >= 15 is 0 Å². The van der Waals surface area contributed by atoms with Crippen LogP contribution in [0.1, 0.15) is 48.0 Å². The van der Waals surface area contributed by atoms with E-state index in [-0.39, 0.29) is 17.4 Å². The van der Waals surface area contributed by atoms with Gasteiger partial charge in [0.05, 0.1) is 11.6 Å². The van der Waals surface area contributed by atoms with Crippen LogP contribution in [-0.4, -0.2) is 55.0 Å². The minimum absolute atomic E-state index is 0.0378. The van der Waals surface area contributed by atoms with Crippen LogP contribution < -0.4 is 10.6 Å². The molecule has 1 atom stereocenters. The maximum Gasteiger partial charge on any atom is 0.169 e. The van der Waals surface area contributed by atoms with E-state index < -0.39 is 5.54 Å². The molecule has 4 nitrogen and oxygen atoms in total. The van der Waals surface area contributed by atoms with E-state index in [0.29, 0.717) is 0 Å². The first-order valence-electron chi connectivity index (χ1n) is 7.27. The molecule has 0 aliphatic rings. The second kappa shape index (κ2) is 7.36. The first-order valence-corrected chi connectivity index (χ1v) is 7.27. The fourth-order valence-electron chi connectivity index (χ4n) is 2.06. The summed E-state index contributed by atoms with van der Waals surface area (Å²) in [6, 6.07) is -0.0907. The summed E-state index contributed by atoms with van der Waals surface area (Å²) in [7, 11) is 3.95. The number of carbonyl (C=O) groups is 1. The van der Waals surface area contributed by atoms with E-state index in [9.17, 15) is 4.79 Å². The summed E-state index contributed by atoms with van der Waals surface area (Å²) in [6.07, 6.45) is 1.02. The lowest BCUT2D eigenvalue weighted by Gasteiger charge is -2.41. The van der Waals surface area contributed by atoms with Gasteiger partial charge in [0, 0.05) is 18.6 Å². The minimum atomic E-state index is -0.492. The van der Waals surface area contributed by atoms with Gasteiger partial charge in [-0.2, -0.15) is 0 Å². The van der Waals surface area contributed by atoms with Crippen LogP contribution in [0.25, 0.3) is 0 Å². The van der Waals surface area contributed by atoms with E-state index in [0.717, 1.165) is 19.5 Å². The first kappa shape index (κ1) is 18.6. The van der Waals surface area contributed by atoms with Crippen molar-refractivity contribution >= 4 is 5.78 Å². The summed E-state index contributed by atoms with van der Waals surface area (Å²) in [5.41, 5.74) is -0.454. The van der Waals surface area contributed by atoms with Crippen molar-refractivity contribution in [2.45, 2.75) is 65.1 Å². The molecule has 0 heterocycles. The maximum absolute atomic E-state index is 12.6. The molecule has 0 saturated heterocycles. The predicted molar refractivity (Wildman–Crippen MR) is 82.6 cm³/mol. The van der Waals surface area contributed by atoms with Crippen molar-refractivity contribution in [3.63, 3.8) is 0 Å². The Morgan fingerprint density at radius 1 is 1.21 bits per heavy atom. The summed E-state index contributed by atoms with van der Waals surface area (Å²) in [5, 5.41) is 6.41. The van der Waals surface area contributed by atoms with Gasteiger partial charge in [0.25, 0.3) is 0 Å². The number of hydrogen-bond acceptors (Lipinski definition) is 4. The largest absolute Gasteiger partial charge is 0.318 e. The number of hydrogen-bond donors (Lipinski definition) is 2. The quantitative estimate of drug-likeness (QED) is 0.626. The van der Waals surface area contributed by atoms with Crippen LogP contribution >= 0.6 is 0 Å². The van der Waals surface area contributed by atoms with Crippen molar-refractivity contribution in [2.75, 3.05) is 27.2 Å². The van der Waals surface area contributed by atoms with E-state index in [1.807, 2.05) is 34.9 Å². The lowest BCUT2D eigenvalue weighted by Crippen LogP contribution is -2.58. The van der Waals surface area contributed by atoms with Crippen molar-refractivity contribution in [1.82, 2.24) is 15.5 Å². The molecule has 2 N–H and O–H groups in total. The second-order valence-electron chi connectivity index (χ2n) is 6.47. The molecule has 0 saturated carbocycles. The van der Waals surface area contributed by atoms with Crippen LogP contribution in [0.4, 0.5) is 0 Å². The molecular formula is C15H33N3O. The Kier molecular flexibility index (Phi) is 7.19. The number of Topliss-reactive ketones (excluding diaryl/α,β-unsaturated/α-hetero) is 1. The average Bonchev–Trinajstić information content (AvgIpc) is 2.36. The van der Waals surface area contributed by atoms with Gasteiger partial charge in [0.2, 0.25) is 0 Å². The first-order chi connectivity index (χ1) is 8.60. The zero-order valence-corrected chi connectivity index (χ0v) is 14.1. The van der Waals surface area contributed by atoms with Crippen LogP contribution in [0.15, 0.2) is 0 Å². The number of nitrogens with zero attached hydrogens (tertiary/aromatic N) is 1. The Morgan fingerprint density at radius 2 is 1.74 bits per heavy atom. The highest BCUT2D eigenvalue weighted by Gasteiger charge is 2.36. The van der Waals surface area contributed by atoms with E-state index in [1.54, 1.807) is 0 Å². The maximum atomic E-state index is 12.6. The third kappa shape index (κ3) is 5.21. The molecule has 0 fully saturated rings. The van der Waals surface area contributed by atoms with Gasteiger partial charge in [-0.3, -0.25) is 9.69 Å². The number of ketones is 1. The zero-order valence-electron chi connectivity index (χ0n) is 14.1. The molecule has 0 spiro atoms. The number of nitrogens with one attached hydrogen (secondary N) is 2. The summed E-state index contributed by atoms with van der Waals surface area (Å²) >= 11 is 0. The Morgan fingerprint density at radius 3 is 2.16 bits per heavy atom. The van der Waals surface area contributed by atoms with Crippen molar-refractivity contribution in [3.05, 3.63) is 0 Å². The number of carbonyl (C=O) groups excluding carboxylic acids is 1. The lowest BCUT2D eigenvalue weighted by molar-refractivity contribution is -0.130. The normalized spacial score (nSPS) is 14.8. The average molecular weight is 271 g/mol. The molecule has 0 bridgehead atoms. The lowest BCUT2D eigenvalue weighted by atomic mass is 9.90. The van der Waals surface area contributed by atoms with Gasteiger partial charge in [0.1, 0.15) is 0 Å². The van der Waals surface area contributed by atoms with E-state index in [2.05, 4.69) is 36.3 Å². The van der Waals surface area contributed by atoms with Gasteiger partial charge in [-0.25, -0.2) is 0 Å². The SMILES string of the molecule is CCC(C)(C)N(C)[C@H](C)C(=O)C(C)(C)NCCNC. The van der Waals surface area contributed by atoms with Crippen molar-refractivity contribution < 1.29 is 4.79 Å². The number of likely N-dealkylation sites (N-methyl/N-ethyl adjacent to an activating group) is 2. The molecule has 0 aromatic rings. The van der Waals surface area contributed by atoms with Crippen LogP contribution in [-0.2, 0) is 4.79 Å². The Labute approximate surface area is 119 Å². The van der Waals surface area contributed by atoms with Crippen LogP contribution in [0.5, 0.6) is 0 Å². The van der Waals surface area contributed by atoms with Gasteiger partial charge in [0.15, 0.2) is 5.78 Å². The molecular weight excluding hydrogens is 238 g/mol. The van der Waals surface area contributed by atoms with Crippen LogP contribution in [0, 0.1) is 0 Å². The monoisotopic (exact) mass is 271 g/mol. The zero-order chi connectivity index (χ0) is 15.3. The molecule has 0 amide bonds. The highest BCUT2D eigenvalue weighted by atomic mass is 16.1. The Bertz CT molecular complexity index is 287. The van der Waals surface area contributed by atoms with Gasteiger partial charge < -0.3 is 10.6 Å². The summed E-state index contributed by atoms with van der Waals surface area (Å²) in [4.78, 5) is 14.8. The Hall–Kier alpha value is -0.450. The van der Waals surface area contributed by atoms with Crippen molar-refractivity contribution in [3.8, 4) is 0 Å². The fraction of sp³-hybridized carbons (Fsp3) is 0.933. The molecule has 0 aliphatic carbocycles. The van der Waals surface area contributed by atoms with Gasteiger partial charge in [-0.15, -0.1) is 0 Å². The summed E-state index contributed by atoms with van der Waals surface area (Å²) < 4.78 is 0. The predicted octanol–water partition coefficient (Wildman–Crippen LogP) is 1.65. The minimum Gasteiger partial charge on any atom is -0.318 e. The molecule has 0 aliphatic heterocycles.